The molecule has 1 unspecified atom stereocenters. The minimum Gasteiger partial charge on any atom is -0.411 e. The van der Waals surface area contributed by atoms with E-state index in [0.29, 0.717) is 12.6 Å². The van der Waals surface area contributed by atoms with Gasteiger partial charge >= 0.3 is 5.82 Å². The molecule has 23 heavy (non-hydrogen) atoms. The van der Waals surface area contributed by atoms with Crippen LogP contribution in [0.2, 0.25) is 0 Å². The van der Waals surface area contributed by atoms with Crippen LogP contribution < -0.4 is 4.57 Å². The molecule has 1 N–H and O–H groups in total. The summed E-state index contributed by atoms with van der Waals surface area (Å²) in [6.07, 6.45) is 10.4. The molecule has 0 bridgehead atoms. The highest BCUT2D eigenvalue weighted by Crippen LogP contribution is 2.38. The molecule has 2 aromatic rings. The van der Waals surface area contributed by atoms with Crippen LogP contribution in [0, 0.1) is 5.92 Å². The highest BCUT2D eigenvalue weighted by atomic mass is 16.5. The second kappa shape index (κ2) is 7.42. The van der Waals surface area contributed by atoms with Gasteiger partial charge in [0.05, 0.1) is 13.2 Å². The Labute approximate surface area is 136 Å². The van der Waals surface area contributed by atoms with Crippen molar-refractivity contribution >= 4 is 6.21 Å². The Balaban J connectivity index is 1.77. The average molecular weight is 314 g/mol. The second-order valence-electron chi connectivity index (χ2n) is 6.15. The molecule has 3 rings (SSSR count). The van der Waals surface area contributed by atoms with Crippen LogP contribution in [0.25, 0.3) is 0 Å². The Bertz CT molecular complexity index is 646. The molecule has 1 aromatic carbocycles. The van der Waals surface area contributed by atoms with Gasteiger partial charge in [-0.15, -0.1) is 0 Å². The summed E-state index contributed by atoms with van der Waals surface area (Å²) in [6, 6.07) is 10.5. The van der Waals surface area contributed by atoms with Gasteiger partial charge in [-0.2, -0.15) is 0 Å². The summed E-state index contributed by atoms with van der Waals surface area (Å²) in [5, 5.41) is 12.0. The zero-order valence-corrected chi connectivity index (χ0v) is 13.5. The number of aromatic nitrogens is 2. The lowest BCUT2D eigenvalue weighted by molar-refractivity contribution is -0.672. The van der Waals surface area contributed by atoms with Crippen molar-refractivity contribution in [3.8, 4) is 0 Å². The van der Waals surface area contributed by atoms with Crippen LogP contribution in [0.3, 0.4) is 0 Å². The number of ether oxygens (including phenoxy) is 1. The molecule has 1 aliphatic rings. The summed E-state index contributed by atoms with van der Waals surface area (Å²) in [5.74, 6) is 1.38. The van der Waals surface area contributed by atoms with E-state index in [1.807, 2.05) is 34.6 Å². The van der Waals surface area contributed by atoms with Gasteiger partial charge in [-0.25, -0.2) is 9.13 Å². The van der Waals surface area contributed by atoms with E-state index in [1.54, 1.807) is 0 Å². The highest BCUT2D eigenvalue weighted by molar-refractivity contribution is 5.72. The zero-order valence-electron chi connectivity index (χ0n) is 13.5. The maximum Gasteiger partial charge on any atom is 0.305 e. The number of hydrogen-bond acceptors (Lipinski definition) is 3. The van der Waals surface area contributed by atoms with E-state index in [9.17, 15) is 0 Å². The lowest BCUT2D eigenvalue weighted by Gasteiger charge is -2.23. The van der Waals surface area contributed by atoms with Crippen molar-refractivity contribution in [2.75, 3.05) is 0 Å². The summed E-state index contributed by atoms with van der Waals surface area (Å²) in [6.45, 7) is 0.443. The molecule has 5 heteroatoms. The van der Waals surface area contributed by atoms with Crippen molar-refractivity contribution in [2.24, 2.45) is 18.1 Å². The van der Waals surface area contributed by atoms with Gasteiger partial charge in [0.15, 0.2) is 12.9 Å². The Morgan fingerprint density at radius 1 is 1.35 bits per heavy atom. The molecular formula is C18H24N3O2+. The van der Waals surface area contributed by atoms with Gasteiger partial charge in [0.2, 0.25) is 0 Å². The van der Waals surface area contributed by atoms with E-state index in [1.165, 1.54) is 37.5 Å². The van der Waals surface area contributed by atoms with Crippen LogP contribution in [0.1, 0.15) is 43.2 Å². The maximum absolute atomic E-state index is 8.82. The Morgan fingerprint density at radius 2 is 2.09 bits per heavy atom. The minimum absolute atomic E-state index is 0.116. The molecule has 1 aromatic heterocycles. The Morgan fingerprint density at radius 3 is 2.78 bits per heavy atom. The fourth-order valence-corrected chi connectivity index (χ4v) is 3.43. The van der Waals surface area contributed by atoms with Crippen molar-refractivity contribution in [1.29, 1.82) is 0 Å². The van der Waals surface area contributed by atoms with Gasteiger partial charge in [0.25, 0.3) is 0 Å². The van der Waals surface area contributed by atoms with E-state index in [4.69, 9.17) is 9.94 Å². The SMILES string of the molecule is C[n+]1ccn(COC(c2ccccc2)C2CCCC2)c1/C=N\O. The van der Waals surface area contributed by atoms with Crippen molar-refractivity contribution in [3.05, 3.63) is 54.1 Å². The Kier molecular flexibility index (Phi) is 5.08. The largest absolute Gasteiger partial charge is 0.411 e. The van der Waals surface area contributed by atoms with Crippen LogP contribution >= 0.6 is 0 Å². The molecule has 1 atom stereocenters. The van der Waals surface area contributed by atoms with E-state index >= 15 is 0 Å². The molecule has 5 nitrogen and oxygen atoms in total. The number of oxime groups is 1. The smallest absolute Gasteiger partial charge is 0.305 e. The highest BCUT2D eigenvalue weighted by Gasteiger charge is 2.28. The van der Waals surface area contributed by atoms with Crippen molar-refractivity contribution < 1.29 is 14.5 Å². The van der Waals surface area contributed by atoms with Crippen molar-refractivity contribution in [3.63, 3.8) is 0 Å². The van der Waals surface area contributed by atoms with E-state index in [-0.39, 0.29) is 6.10 Å². The molecule has 0 aliphatic heterocycles. The van der Waals surface area contributed by atoms with Gasteiger partial charge in [-0.3, -0.25) is 0 Å². The van der Waals surface area contributed by atoms with Gasteiger partial charge in [0.1, 0.15) is 12.4 Å². The topological polar surface area (TPSA) is 50.6 Å². The molecule has 0 saturated heterocycles. The molecule has 1 saturated carbocycles. The van der Waals surface area contributed by atoms with Crippen LogP contribution in [-0.4, -0.2) is 16.0 Å². The first-order chi connectivity index (χ1) is 11.3. The van der Waals surface area contributed by atoms with E-state index < -0.39 is 0 Å². The molecule has 122 valence electrons. The number of aryl methyl sites for hydroxylation is 1. The molecule has 0 radical (unpaired) electrons. The minimum atomic E-state index is 0.116. The third-order valence-electron chi connectivity index (χ3n) is 4.65. The normalized spacial score (nSPS) is 17.1. The van der Waals surface area contributed by atoms with Crippen LogP contribution in [-0.2, 0) is 18.5 Å². The summed E-state index contributed by atoms with van der Waals surface area (Å²) in [5.41, 5.74) is 1.24. The summed E-state index contributed by atoms with van der Waals surface area (Å²) in [4.78, 5) is 0. The molecular weight excluding hydrogens is 290 g/mol. The molecule has 1 aliphatic carbocycles. The lowest BCUT2D eigenvalue weighted by atomic mass is 9.94. The third kappa shape index (κ3) is 3.62. The average Bonchev–Trinajstić information content (AvgIpc) is 3.21. The van der Waals surface area contributed by atoms with Crippen molar-refractivity contribution in [1.82, 2.24) is 4.57 Å². The van der Waals surface area contributed by atoms with Crippen molar-refractivity contribution in [2.45, 2.75) is 38.5 Å². The third-order valence-corrected chi connectivity index (χ3v) is 4.65. The predicted molar refractivity (Wildman–Crippen MR) is 87.2 cm³/mol. The summed E-state index contributed by atoms with van der Waals surface area (Å²) < 4.78 is 10.2. The van der Waals surface area contributed by atoms with Gasteiger partial charge in [-0.1, -0.05) is 48.3 Å². The molecule has 0 spiro atoms. The van der Waals surface area contributed by atoms with Gasteiger partial charge < -0.3 is 9.94 Å². The Hall–Kier alpha value is -2.14. The molecule has 1 heterocycles. The second-order valence-corrected chi connectivity index (χ2v) is 6.15. The number of imidazole rings is 1. The van der Waals surface area contributed by atoms with Crippen LogP contribution in [0.5, 0.6) is 0 Å². The molecule has 0 amide bonds. The monoisotopic (exact) mass is 314 g/mol. The quantitative estimate of drug-likeness (QED) is 0.386. The number of benzene rings is 1. The first kappa shape index (κ1) is 15.7. The zero-order chi connectivity index (χ0) is 16.1. The van der Waals surface area contributed by atoms with Crippen LogP contribution in [0.15, 0.2) is 47.9 Å². The predicted octanol–water partition coefficient (Wildman–Crippen LogP) is 3.03. The first-order valence-electron chi connectivity index (χ1n) is 8.18. The number of nitrogens with zero attached hydrogens (tertiary/aromatic N) is 3. The van der Waals surface area contributed by atoms with Gasteiger partial charge in [-0.05, 0) is 24.3 Å². The lowest BCUT2D eigenvalue weighted by Crippen LogP contribution is -2.32. The number of hydrogen-bond donors (Lipinski definition) is 1. The standard InChI is InChI=1S/C18H23N3O2/c1-20-11-12-21(17(20)13-19-22)14-23-18(16-9-5-6-10-16)15-7-3-2-4-8-15/h2-4,7-8,11-13,16,18H,5-6,9-10,14H2,1H3/p+1. The van der Waals surface area contributed by atoms with Gasteiger partial charge in [0, 0.05) is 0 Å². The van der Waals surface area contributed by atoms with Crippen LogP contribution in [0.4, 0.5) is 0 Å². The van der Waals surface area contributed by atoms with E-state index in [0.717, 1.165) is 5.82 Å². The number of rotatable bonds is 6. The maximum atomic E-state index is 8.82. The first-order valence-corrected chi connectivity index (χ1v) is 8.18. The fourth-order valence-electron chi connectivity index (χ4n) is 3.43. The molecule has 1 fully saturated rings. The summed E-state index contributed by atoms with van der Waals surface area (Å²) in [7, 11) is 1.92. The fraction of sp³-hybridized carbons (Fsp3) is 0.444. The summed E-state index contributed by atoms with van der Waals surface area (Å²) >= 11 is 0. The van der Waals surface area contributed by atoms with E-state index in [2.05, 4.69) is 29.4 Å².